The molecule has 1 fully saturated rings. The van der Waals surface area contributed by atoms with E-state index >= 15 is 0 Å². The Hall–Kier alpha value is -2.91. The number of hydrogen-bond acceptors (Lipinski definition) is 3. The minimum atomic E-state index is -4.45. The molecule has 0 N–H and O–H groups in total. The van der Waals surface area contributed by atoms with Crippen molar-refractivity contribution in [2.45, 2.75) is 20.0 Å². The van der Waals surface area contributed by atoms with E-state index < -0.39 is 23.5 Å². The number of alkyl halides is 3. The van der Waals surface area contributed by atoms with Crippen LogP contribution in [0, 0.1) is 19.7 Å². The fraction of sp³-hybridized carbons (Fsp3) is 0.130. The molecule has 1 saturated heterocycles. The molecule has 0 unspecified atom stereocenters. The van der Waals surface area contributed by atoms with Gasteiger partial charge in [-0.25, -0.2) is 4.39 Å². The van der Waals surface area contributed by atoms with Crippen LogP contribution in [0.5, 0.6) is 0 Å². The number of para-hydroxylation sites is 1. The number of aryl methyl sites for hydroxylation is 1. The molecule has 1 aromatic heterocycles. The van der Waals surface area contributed by atoms with Gasteiger partial charge in [-0.1, -0.05) is 42.2 Å². The Kier molecular flexibility index (Phi) is 5.72. The quantitative estimate of drug-likeness (QED) is 0.240. The number of carbonyl (C=O) groups excluding carboxylic acids is 1. The minimum absolute atomic E-state index is 0.0767. The molecule has 0 atom stereocenters. The van der Waals surface area contributed by atoms with Crippen molar-refractivity contribution >= 4 is 46.0 Å². The van der Waals surface area contributed by atoms with E-state index in [1.165, 1.54) is 24.3 Å². The SMILES string of the molecule is Cc1cc(/C=C2/SC(=S)N(c3ccccc3F)C2=O)c(C)n1-c1cccc(C(F)(F)F)c1. The third-order valence-corrected chi connectivity index (χ3v) is 6.38. The highest BCUT2D eigenvalue weighted by molar-refractivity contribution is 8.27. The normalized spacial score (nSPS) is 15.8. The number of carbonyl (C=O) groups is 1. The number of amides is 1. The molecule has 9 heteroatoms. The topological polar surface area (TPSA) is 25.2 Å². The molecule has 4 rings (SSSR count). The molecule has 1 aliphatic rings. The zero-order valence-corrected chi connectivity index (χ0v) is 18.5. The van der Waals surface area contributed by atoms with E-state index in [0.717, 1.165) is 28.8 Å². The second-order valence-corrected chi connectivity index (χ2v) is 8.85. The highest BCUT2D eigenvalue weighted by atomic mass is 32.2. The summed E-state index contributed by atoms with van der Waals surface area (Å²) in [5.41, 5.74) is 1.74. The summed E-state index contributed by atoms with van der Waals surface area (Å²) in [7, 11) is 0. The Morgan fingerprint density at radius 1 is 1.03 bits per heavy atom. The first-order valence-electron chi connectivity index (χ1n) is 9.47. The monoisotopic (exact) mass is 476 g/mol. The van der Waals surface area contributed by atoms with Crippen LogP contribution in [0.15, 0.2) is 59.5 Å². The maximum Gasteiger partial charge on any atom is 0.416 e. The lowest BCUT2D eigenvalue weighted by Crippen LogP contribution is -2.28. The second-order valence-electron chi connectivity index (χ2n) is 7.18. The molecule has 1 amide bonds. The van der Waals surface area contributed by atoms with E-state index in [9.17, 15) is 22.4 Å². The first-order chi connectivity index (χ1) is 15.1. The largest absolute Gasteiger partial charge is 0.416 e. The molecule has 1 aliphatic heterocycles. The maximum atomic E-state index is 14.2. The molecule has 0 aliphatic carbocycles. The van der Waals surface area contributed by atoms with Gasteiger partial charge in [-0.05, 0) is 61.9 Å². The predicted molar refractivity (Wildman–Crippen MR) is 122 cm³/mol. The van der Waals surface area contributed by atoms with Crippen LogP contribution in [0.25, 0.3) is 11.8 Å². The lowest BCUT2D eigenvalue weighted by Gasteiger charge is -2.14. The Labute approximate surface area is 191 Å². The third kappa shape index (κ3) is 3.98. The average molecular weight is 477 g/mol. The van der Waals surface area contributed by atoms with Crippen LogP contribution < -0.4 is 4.90 Å². The summed E-state index contributed by atoms with van der Waals surface area (Å²) < 4.78 is 55.5. The van der Waals surface area contributed by atoms with E-state index in [1.807, 2.05) is 0 Å². The zero-order chi connectivity index (χ0) is 23.2. The Bertz CT molecular complexity index is 1280. The van der Waals surface area contributed by atoms with Gasteiger partial charge >= 0.3 is 6.18 Å². The van der Waals surface area contributed by atoms with Crippen molar-refractivity contribution in [3.8, 4) is 5.69 Å². The van der Waals surface area contributed by atoms with Gasteiger partial charge < -0.3 is 4.57 Å². The van der Waals surface area contributed by atoms with Gasteiger partial charge in [0.2, 0.25) is 0 Å². The molecular formula is C23H16F4N2OS2. The van der Waals surface area contributed by atoms with Gasteiger partial charge in [0.15, 0.2) is 4.32 Å². The molecule has 3 nitrogen and oxygen atoms in total. The highest BCUT2D eigenvalue weighted by Gasteiger charge is 2.35. The van der Waals surface area contributed by atoms with Gasteiger partial charge in [0.25, 0.3) is 5.91 Å². The minimum Gasteiger partial charge on any atom is -0.318 e. The first-order valence-corrected chi connectivity index (χ1v) is 10.7. The first kappa shape index (κ1) is 22.3. The molecule has 0 saturated carbocycles. The fourth-order valence-corrected chi connectivity index (χ4v) is 4.88. The van der Waals surface area contributed by atoms with Crippen molar-refractivity contribution in [1.82, 2.24) is 4.57 Å². The van der Waals surface area contributed by atoms with Crippen molar-refractivity contribution in [2.75, 3.05) is 4.90 Å². The van der Waals surface area contributed by atoms with E-state index in [2.05, 4.69) is 0 Å². The summed E-state index contributed by atoms with van der Waals surface area (Å²) in [5, 5.41) is 0. The van der Waals surface area contributed by atoms with Crippen LogP contribution in [0.4, 0.5) is 23.2 Å². The molecule has 32 heavy (non-hydrogen) atoms. The number of hydrogen-bond donors (Lipinski definition) is 0. The molecular weight excluding hydrogens is 460 g/mol. The summed E-state index contributed by atoms with van der Waals surface area (Å²) in [6.45, 7) is 3.53. The second kappa shape index (κ2) is 8.22. The van der Waals surface area contributed by atoms with Crippen LogP contribution in [0.3, 0.4) is 0 Å². The molecule has 0 spiro atoms. The Balaban J connectivity index is 1.72. The average Bonchev–Trinajstić information content (AvgIpc) is 3.16. The number of thiocarbonyl (C=S) groups is 1. The van der Waals surface area contributed by atoms with E-state index in [-0.39, 0.29) is 10.0 Å². The number of aromatic nitrogens is 1. The molecule has 2 heterocycles. The number of anilines is 1. The fourth-order valence-electron chi connectivity index (χ4n) is 3.60. The third-order valence-electron chi connectivity index (χ3n) is 5.08. The van der Waals surface area contributed by atoms with Gasteiger partial charge in [0.05, 0.1) is 16.2 Å². The molecule has 3 aromatic rings. The van der Waals surface area contributed by atoms with Crippen molar-refractivity contribution in [1.29, 1.82) is 0 Å². The lowest BCUT2D eigenvalue weighted by molar-refractivity contribution is -0.137. The van der Waals surface area contributed by atoms with Crippen LogP contribution in [-0.4, -0.2) is 14.8 Å². The van der Waals surface area contributed by atoms with Crippen molar-refractivity contribution in [3.63, 3.8) is 0 Å². The van der Waals surface area contributed by atoms with Crippen LogP contribution in [-0.2, 0) is 11.0 Å². The Morgan fingerprint density at radius 3 is 2.44 bits per heavy atom. The Morgan fingerprint density at radius 2 is 1.75 bits per heavy atom. The van der Waals surface area contributed by atoms with Gasteiger partial charge in [0.1, 0.15) is 5.82 Å². The van der Waals surface area contributed by atoms with E-state index in [0.29, 0.717) is 27.5 Å². The summed E-state index contributed by atoms with van der Waals surface area (Å²) in [6, 6.07) is 12.7. The lowest BCUT2D eigenvalue weighted by atomic mass is 10.2. The number of rotatable bonds is 3. The van der Waals surface area contributed by atoms with Gasteiger partial charge in [-0.2, -0.15) is 13.2 Å². The van der Waals surface area contributed by atoms with Crippen molar-refractivity contribution in [3.05, 3.63) is 87.8 Å². The van der Waals surface area contributed by atoms with Crippen LogP contribution >= 0.6 is 24.0 Å². The molecule has 0 radical (unpaired) electrons. The highest BCUT2D eigenvalue weighted by Crippen LogP contribution is 2.38. The summed E-state index contributed by atoms with van der Waals surface area (Å²) >= 11 is 6.34. The zero-order valence-electron chi connectivity index (χ0n) is 16.9. The van der Waals surface area contributed by atoms with Crippen molar-refractivity contribution < 1.29 is 22.4 Å². The number of halogens is 4. The van der Waals surface area contributed by atoms with Gasteiger partial charge in [-0.15, -0.1) is 0 Å². The van der Waals surface area contributed by atoms with Crippen LogP contribution in [0.2, 0.25) is 0 Å². The summed E-state index contributed by atoms with van der Waals surface area (Å²) in [4.78, 5) is 14.4. The van der Waals surface area contributed by atoms with Gasteiger partial charge in [-0.3, -0.25) is 9.69 Å². The summed E-state index contributed by atoms with van der Waals surface area (Å²) in [5.74, 6) is -1.01. The predicted octanol–water partition coefficient (Wildman–Crippen LogP) is 6.66. The smallest absolute Gasteiger partial charge is 0.318 e. The maximum absolute atomic E-state index is 14.2. The molecule has 2 aromatic carbocycles. The standard InChI is InChI=1S/C23H16F4N2OS2/c1-13-10-15(14(2)28(13)17-7-5-6-16(12-17)23(25,26)27)11-20-21(30)29(22(31)32-20)19-9-4-3-8-18(19)24/h3-12H,1-2H3/b20-11+. The van der Waals surface area contributed by atoms with Crippen molar-refractivity contribution in [2.24, 2.45) is 0 Å². The number of nitrogens with zero attached hydrogens (tertiary/aromatic N) is 2. The van der Waals surface area contributed by atoms with Crippen LogP contribution in [0.1, 0.15) is 22.5 Å². The number of benzene rings is 2. The van der Waals surface area contributed by atoms with Gasteiger partial charge in [0, 0.05) is 17.1 Å². The molecule has 164 valence electrons. The van der Waals surface area contributed by atoms with E-state index in [4.69, 9.17) is 12.2 Å². The number of thioether (sulfide) groups is 1. The molecule has 0 bridgehead atoms. The van der Waals surface area contributed by atoms with E-state index in [1.54, 1.807) is 42.7 Å². The summed E-state index contributed by atoms with van der Waals surface area (Å²) in [6.07, 6.45) is -2.82.